The first-order valence-corrected chi connectivity index (χ1v) is 14.6. The van der Waals surface area contributed by atoms with E-state index >= 15 is 0 Å². The lowest BCUT2D eigenvalue weighted by Gasteiger charge is -2.21. The molecule has 9 rings (SSSR count). The highest BCUT2D eigenvalue weighted by Gasteiger charge is 2.37. The molecule has 0 spiro atoms. The summed E-state index contributed by atoms with van der Waals surface area (Å²) in [5.74, 6) is 0. The predicted molar refractivity (Wildman–Crippen MR) is 175 cm³/mol. The normalized spacial score (nSPS) is 13.6. The smallest absolute Gasteiger partial charge is 0.202 e. The lowest BCUT2D eigenvalue weighted by atomic mass is 9.82. The van der Waals surface area contributed by atoms with Crippen LogP contribution in [0.25, 0.3) is 71.7 Å². The first-order chi connectivity index (χ1) is 21.0. The molecule has 0 atom stereocenters. The standard InChI is InChI=1S/C39H26N2O2/c1-39(2)31-12-5-3-9-28(31)35-32(39)19-18-27-26-8-4-6-13-33(26)41(36(27)35)24-16-14-23(15-17-24)25-10-7-11-29-37(42)30-22-40-21-20-34(30)43-38(25)29/h3-22H,1-2H3. The van der Waals surface area contributed by atoms with Crippen LogP contribution in [0.1, 0.15) is 25.0 Å². The molecule has 204 valence electrons. The van der Waals surface area contributed by atoms with Crippen LogP contribution in [0.2, 0.25) is 0 Å². The van der Waals surface area contributed by atoms with Crippen molar-refractivity contribution in [3.63, 3.8) is 0 Å². The number of para-hydroxylation sites is 2. The summed E-state index contributed by atoms with van der Waals surface area (Å²) in [6.07, 6.45) is 3.22. The second-order valence-corrected chi connectivity index (χ2v) is 11.9. The van der Waals surface area contributed by atoms with Crippen LogP contribution in [0.3, 0.4) is 0 Å². The molecular weight excluding hydrogens is 528 g/mol. The van der Waals surface area contributed by atoms with Gasteiger partial charge in [0.2, 0.25) is 5.43 Å². The van der Waals surface area contributed by atoms with E-state index in [1.165, 1.54) is 44.1 Å². The van der Waals surface area contributed by atoms with Gasteiger partial charge in [-0.05, 0) is 52.6 Å². The second-order valence-electron chi connectivity index (χ2n) is 11.9. The lowest BCUT2D eigenvalue weighted by molar-refractivity contribution is 0.660. The van der Waals surface area contributed by atoms with Crippen molar-refractivity contribution >= 4 is 43.7 Å². The van der Waals surface area contributed by atoms with E-state index in [0.717, 1.165) is 16.8 Å². The summed E-state index contributed by atoms with van der Waals surface area (Å²) in [7, 11) is 0. The third-order valence-corrected chi connectivity index (χ3v) is 9.31. The van der Waals surface area contributed by atoms with E-state index in [-0.39, 0.29) is 10.8 Å². The molecule has 0 radical (unpaired) electrons. The van der Waals surface area contributed by atoms with Crippen molar-refractivity contribution < 1.29 is 4.42 Å². The number of benzene rings is 5. The van der Waals surface area contributed by atoms with Crippen LogP contribution in [0.15, 0.2) is 131 Å². The third kappa shape index (κ3) is 3.21. The van der Waals surface area contributed by atoms with E-state index in [9.17, 15) is 4.79 Å². The van der Waals surface area contributed by atoms with Crippen LogP contribution in [0.4, 0.5) is 0 Å². The van der Waals surface area contributed by atoms with Crippen molar-refractivity contribution in [3.05, 3.63) is 143 Å². The van der Waals surface area contributed by atoms with Crippen LogP contribution < -0.4 is 5.43 Å². The Morgan fingerprint density at radius 2 is 1.44 bits per heavy atom. The Labute approximate surface area is 247 Å². The summed E-state index contributed by atoms with van der Waals surface area (Å²) in [4.78, 5) is 17.4. The monoisotopic (exact) mass is 554 g/mol. The van der Waals surface area contributed by atoms with Gasteiger partial charge in [-0.3, -0.25) is 9.78 Å². The van der Waals surface area contributed by atoms with Crippen LogP contribution in [-0.2, 0) is 5.41 Å². The molecule has 43 heavy (non-hydrogen) atoms. The van der Waals surface area contributed by atoms with Crippen molar-refractivity contribution in [2.75, 3.05) is 0 Å². The number of fused-ring (bicyclic) bond motifs is 9. The first-order valence-electron chi connectivity index (χ1n) is 14.6. The maximum absolute atomic E-state index is 13.3. The molecule has 0 amide bonds. The molecule has 3 aromatic heterocycles. The zero-order chi connectivity index (χ0) is 28.9. The number of rotatable bonds is 2. The van der Waals surface area contributed by atoms with E-state index in [1.54, 1.807) is 18.5 Å². The zero-order valence-corrected chi connectivity index (χ0v) is 23.8. The number of hydrogen-bond donors (Lipinski definition) is 0. The summed E-state index contributed by atoms with van der Waals surface area (Å²) in [5, 5.41) is 3.54. The molecule has 0 unspecified atom stereocenters. The minimum atomic E-state index is -0.0796. The summed E-state index contributed by atoms with van der Waals surface area (Å²) < 4.78 is 8.70. The molecule has 1 aliphatic carbocycles. The SMILES string of the molecule is CC1(C)c2ccccc2-c2c1ccc1c3ccccc3n(-c3ccc(-c4cccc5c(=O)c6cnccc6oc45)cc3)c21. The average molecular weight is 555 g/mol. The van der Waals surface area contributed by atoms with Crippen molar-refractivity contribution in [1.29, 1.82) is 0 Å². The first kappa shape index (κ1) is 24.2. The number of nitrogens with zero attached hydrogens (tertiary/aromatic N) is 2. The summed E-state index contributed by atoms with van der Waals surface area (Å²) in [5.41, 5.74) is 11.7. The topological polar surface area (TPSA) is 48.0 Å². The Bertz CT molecular complexity index is 2500. The lowest BCUT2D eigenvalue weighted by Crippen LogP contribution is -2.14. The van der Waals surface area contributed by atoms with Crippen LogP contribution in [-0.4, -0.2) is 9.55 Å². The van der Waals surface area contributed by atoms with Gasteiger partial charge in [-0.25, -0.2) is 0 Å². The van der Waals surface area contributed by atoms with Crippen molar-refractivity contribution in [2.24, 2.45) is 0 Å². The van der Waals surface area contributed by atoms with Gasteiger partial charge in [-0.15, -0.1) is 0 Å². The third-order valence-electron chi connectivity index (χ3n) is 9.31. The molecule has 1 aliphatic rings. The maximum atomic E-state index is 13.3. The van der Waals surface area contributed by atoms with Crippen LogP contribution in [0, 0.1) is 0 Å². The minimum absolute atomic E-state index is 0.0647. The van der Waals surface area contributed by atoms with E-state index in [4.69, 9.17) is 4.42 Å². The molecule has 0 aliphatic heterocycles. The van der Waals surface area contributed by atoms with E-state index in [2.05, 4.69) is 108 Å². The molecule has 0 bridgehead atoms. The molecule has 0 fully saturated rings. The quantitative estimate of drug-likeness (QED) is 0.200. The van der Waals surface area contributed by atoms with Gasteiger partial charge >= 0.3 is 0 Å². The fourth-order valence-electron chi connectivity index (χ4n) is 7.25. The zero-order valence-electron chi connectivity index (χ0n) is 23.8. The Morgan fingerprint density at radius 3 is 2.33 bits per heavy atom. The Hall–Kier alpha value is -5.48. The fourth-order valence-corrected chi connectivity index (χ4v) is 7.25. The van der Waals surface area contributed by atoms with E-state index in [0.29, 0.717) is 21.9 Å². The molecule has 0 saturated heterocycles. The van der Waals surface area contributed by atoms with Gasteiger partial charge in [0.05, 0.1) is 21.8 Å². The highest BCUT2D eigenvalue weighted by molar-refractivity contribution is 6.15. The molecule has 5 aromatic carbocycles. The number of pyridine rings is 1. The molecule has 4 nitrogen and oxygen atoms in total. The predicted octanol–water partition coefficient (Wildman–Crippen LogP) is 9.41. The highest BCUT2D eigenvalue weighted by Crippen LogP contribution is 2.52. The summed E-state index contributed by atoms with van der Waals surface area (Å²) in [6.45, 7) is 4.65. The molecule has 8 aromatic rings. The van der Waals surface area contributed by atoms with Gasteiger partial charge in [0.15, 0.2) is 0 Å². The minimum Gasteiger partial charge on any atom is -0.455 e. The van der Waals surface area contributed by atoms with Crippen molar-refractivity contribution in [3.8, 4) is 27.9 Å². The maximum Gasteiger partial charge on any atom is 0.202 e. The van der Waals surface area contributed by atoms with Crippen LogP contribution >= 0.6 is 0 Å². The Morgan fingerprint density at radius 1 is 0.674 bits per heavy atom. The van der Waals surface area contributed by atoms with E-state index in [1.807, 2.05) is 18.2 Å². The van der Waals surface area contributed by atoms with Gasteiger partial charge in [-0.2, -0.15) is 0 Å². The van der Waals surface area contributed by atoms with Gasteiger partial charge in [0.1, 0.15) is 11.2 Å². The molecule has 4 heteroatoms. The Kier molecular flexibility index (Phi) is 4.79. The summed E-state index contributed by atoms with van der Waals surface area (Å²) in [6, 6.07) is 38.2. The molecule has 0 saturated carbocycles. The van der Waals surface area contributed by atoms with Gasteiger partial charge in [0.25, 0.3) is 0 Å². The molecule has 0 N–H and O–H groups in total. The van der Waals surface area contributed by atoms with E-state index < -0.39 is 0 Å². The van der Waals surface area contributed by atoms with Crippen molar-refractivity contribution in [1.82, 2.24) is 9.55 Å². The summed E-state index contributed by atoms with van der Waals surface area (Å²) >= 11 is 0. The highest BCUT2D eigenvalue weighted by atomic mass is 16.3. The largest absolute Gasteiger partial charge is 0.455 e. The number of aromatic nitrogens is 2. The number of hydrogen-bond acceptors (Lipinski definition) is 3. The Balaban J connectivity index is 1.29. The fraction of sp³-hybridized carbons (Fsp3) is 0.0769. The van der Waals surface area contributed by atoms with Gasteiger partial charge in [-0.1, -0.05) is 92.7 Å². The average Bonchev–Trinajstić information content (AvgIpc) is 3.50. The van der Waals surface area contributed by atoms with Crippen molar-refractivity contribution in [2.45, 2.75) is 19.3 Å². The van der Waals surface area contributed by atoms with Gasteiger partial charge < -0.3 is 8.98 Å². The van der Waals surface area contributed by atoms with Gasteiger partial charge in [0, 0.05) is 45.4 Å². The van der Waals surface area contributed by atoms with Crippen LogP contribution in [0.5, 0.6) is 0 Å². The second kappa shape index (κ2) is 8.52. The molecule has 3 heterocycles. The molecular formula is C39H26N2O2.